The van der Waals surface area contributed by atoms with Gasteiger partial charge in [-0.05, 0) is 56.5 Å². The maximum Gasteiger partial charge on any atom is 0.433 e. The van der Waals surface area contributed by atoms with E-state index in [0.29, 0.717) is 29.3 Å². The van der Waals surface area contributed by atoms with Crippen LogP contribution in [0.15, 0.2) is 30.3 Å². The summed E-state index contributed by atoms with van der Waals surface area (Å²) in [6.45, 7) is 5.58. The second kappa shape index (κ2) is 9.21. The molecule has 0 saturated carbocycles. The molecule has 4 rings (SSSR count). The van der Waals surface area contributed by atoms with Crippen LogP contribution in [0.1, 0.15) is 48.8 Å². The number of likely N-dealkylation sites (tertiary alicyclic amines) is 1. The zero-order chi connectivity index (χ0) is 23.8. The Bertz CT molecular complexity index is 1130. The lowest BCUT2D eigenvalue weighted by atomic mass is 10.0. The molecule has 9 heteroatoms. The van der Waals surface area contributed by atoms with Crippen LogP contribution in [0.4, 0.5) is 13.2 Å². The minimum absolute atomic E-state index is 0.0747. The molecule has 3 aromatic rings. The number of halogens is 3. The lowest BCUT2D eigenvalue weighted by Crippen LogP contribution is -2.32. The second-order valence-corrected chi connectivity index (χ2v) is 8.55. The number of aromatic nitrogens is 3. The zero-order valence-electron chi connectivity index (χ0n) is 19.3. The van der Waals surface area contributed by atoms with E-state index in [2.05, 4.69) is 21.9 Å². The molecule has 33 heavy (non-hydrogen) atoms. The van der Waals surface area contributed by atoms with Crippen molar-refractivity contribution in [2.45, 2.75) is 51.2 Å². The molecule has 1 aliphatic rings. The van der Waals surface area contributed by atoms with E-state index < -0.39 is 11.9 Å². The van der Waals surface area contributed by atoms with Gasteiger partial charge in [0.25, 0.3) is 0 Å². The summed E-state index contributed by atoms with van der Waals surface area (Å²) in [5, 5.41) is 4.33. The zero-order valence-corrected chi connectivity index (χ0v) is 19.3. The lowest BCUT2D eigenvalue weighted by Gasteiger charge is -2.24. The highest BCUT2D eigenvalue weighted by Crippen LogP contribution is 2.34. The molecular weight excluding hydrogens is 433 g/mol. The van der Waals surface area contributed by atoms with Gasteiger partial charge in [0.2, 0.25) is 0 Å². The third-order valence-electron chi connectivity index (χ3n) is 6.39. The molecule has 0 unspecified atom stereocenters. The molecule has 0 aliphatic carbocycles. The van der Waals surface area contributed by atoms with Gasteiger partial charge in [0.05, 0.1) is 19.9 Å². The van der Waals surface area contributed by atoms with Crippen LogP contribution in [0.3, 0.4) is 0 Å². The summed E-state index contributed by atoms with van der Waals surface area (Å²) in [6.07, 6.45) is -2.37. The van der Waals surface area contributed by atoms with Crippen molar-refractivity contribution in [1.29, 1.82) is 0 Å². The van der Waals surface area contributed by atoms with Crippen LogP contribution in [0.25, 0.3) is 5.65 Å². The number of nitrogens with zero attached hydrogens (tertiary/aromatic N) is 4. The average Bonchev–Trinajstić information content (AvgIpc) is 3.44. The van der Waals surface area contributed by atoms with Crippen molar-refractivity contribution in [3.05, 3.63) is 53.0 Å². The SMILES string of the molecule is CCc1cc(C(F)(F)F)n2nc([C@@H]3CCN([C@@H](C)Cc4ccc(OC)c(OC)c4)C3)cc2n1. The van der Waals surface area contributed by atoms with Gasteiger partial charge in [0.1, 0.15) is 5.69 Å². The topological polar surface area (TPSA) is 51.9 Å². The normalized spacial score (nSPS) is 18.1. The molecule has 1 saturated heterocycles. The van der Waals surface area contributed by atoms with E-state index in [1.807, 2.05) is 18.2 Å². The minimum atomic E-state index is -4.48. The Labute approximate surface area is 191 Å². The van der Waals surface area contributed by atoms with Gasteiger partial charge in [-0.25, -0.2) is 9.50 Å². The predicted octanol–water partition coefficient (Wildman–Crippen LogP) is 4.75. The maximum absolute atomic E-state index is 13.6. The Kier molecular flexibility index (Phi) is 6.52. The van der Waals surface area contributed by atoms with Gasteiger partial charge in [0.15, 0.2) is 17.1 Å². The molecule has 1 aliphatic heterocycles. The van der Waals surface area contributed by atoms with E-state index >= 15 is 0 Å². The highest BCUT2D eigenvalue weighted by Gasteiger charge is 2.36. The molecule has 0 N–H and O–H groups in total. The van der Waals surface area contributed by atoms with E-state index in [1.165, 1.54) is 0 Å². The summed E-state index contributed by atoms with van der Waals surface area (Å²) < 4.78 is 52.4. The maximum atomic E-state index is 13.6. The first-order chi connectivity index (χ1) is 15.7. The largest absolute Gasteiger partial charge is 0.493 e. The first-order valence-electron chi connectivity index (χ1n) is 11.1. The van der Waals surface area contributed by atoms with Gasteiger partial charge in [-0.15, -0.1) is 0 Å². The second-order valence-electron chi connectivity index (χ2n) is 8.55. The summed E-state index contributed by atoms with van der Waals surface area (Å²) in [5.41, 5.74) is 1.71. The van der Waals surface area contributed by atoms with Gasteiger partial charge < -0.3 is 9.47 Å². The fraction of sp³-hybridized carbons (Fsp3) is 0.500. The molecule has 1 aromatic carbocycles. The van der Waals surface area contributed by atoms with Crippen molar-refractivity contribution in [1.82, 2.24) is 19.5 Å². The van der Waals surface area contributed by atoms with E-state index in [0.717, 1.165) is 42.1 Å². The molecule has 0 bridgehead atoms. The number of methoxy groups -OCH3 is 2. The van der Waals surface area contributed by atoms with Gasteiger partial charge in [-0.3, -0.25) is 4.90 Å². The predicted molar refractivity (Wildman–Crippen MR) is 119 cm³/mol. The van der Waals surface area contributed by atoms with Crippen LogP contribution in [0.2, 0.25) is 0 Å². The summed E-state index contributed by atoms with van der Waals surface area (Å²) >= 11 is 0. The summed E-state index contributed by atoms with van der Waals surface area (Å²) in [5.74, 6) is 1.47. The van der Waals surface area contributed by atoms with Crippen molar-refractivity contribution in [3.63, 3.8) is 0 Å². The molecule has 2 aromatic heterocycles. The van der Waals surface area contributed by atoms with E-state index in [9.17, 15) is 13.2 Å². The van der Waals surface area contributed by atoms with Crippen LogP contribution >= 0.6 is 0 Å². The van der Waals surface area contributed by atoms with Crippen LogP contribution in [-0.4, -0.2) is 52.8 Å². The van der Waals surface area contributed by atoms with Crippen LogP contribution in [0, 0.1) is 0 Å². The van der Waals surface area contributed by atoms with Crippen LogP contribution in [-0.2, 0) is 19.0 Å². The molecule has 0 amide bonds. The summed E-state index contributed by atoms with van der Waals surface area (Å²) in [7, 11) is 3.23. The van der Waals surface area contributed by atoms with Gasteiger partial charge in [0, 0.05) is 30.3 Å². The molecular formula is C24H29F3N4O2. The highest BCUT2D eigenvalue weighted by molar-refractivity contribution is 5.44. The van der Waals surface area contributed by atoms with Crippen molar-refractivity contribution in [3.8, 4) is 11.5 Å². The van der Waals surface area contributed by atoms with Crippen molar-refractivity contribution in [2.24, 2.45) is 0 Å². The van der Waals surface area contributed by atoms with E-state index in [1.54, 1.807) is 27.2 Å². The Balaban J connectivity index is 1.50. The van der Waals surface area contributed by atoms with Crippen molar-refractivity contribution >= 4 is 5.65 Å². The van der Waals surface area contributed by atoms with Crippen LogP contribution in [0.5, 0.6) is 11.5 Å². The van der Waals surface area contributed by atoms with E-state index in [-0.39, 0.29) is 17.6 Å². The Hall–Kier alpha value is -2.81. The molecule has 0 spiro atoms. The highest BCUT2D eigenvalue weighted by atomic mass is 19.4. The quantitative estimate of drug-likeness (QED) is 0.507. The first kappa shape index (κ1) is 23.4. The number of fused-ring (bicyclic) bond motifs is 1. The minimum Gasteiger partial charge on any atom is -0.493 e. The molecule has 3 heterocycles. The Morgan fingerprint density at radius 1 is 1.12 bits per heavy atom. The molecule has 1 fully saturated rings. The fourth-order valence-corrected chi connectivity index (χ4v) is 4.53. The number of benzene rings is 1. The number of hydrogen-bond acceptors (Lipinski definition) is 5. The van der Waals surface area contributed by atoms with Crippen molar-refractivity contribution < 1.29 is 22.6 Å². The van der Waals surface area contributed by atoms with Crippen molar-refractivity contribution in [2.75, 3.05) is 27.3 Å². The number of hydrogen-bond donors (Lipinski definition) is 0. The third kappa shape index (κ3) is 4.78. The first-order valence-corrected chi connectivity index (χ1v) is 11.1. The van der Waals surface area contributed by atoms with Gasteiger partial charge in [-0.1, -0.05) is 13.0 Å². The molecule has 6 nitrogen and oxygen atoms in total. The average molecular weight is 463 g/mol. The smallest absolute Gasteiger partial charge is 0.433 e. The Morgan fingerprint density at radius 2 is 1.88 bits per heavy atom. The molecule has 2 atom stereocenters. The summed E-state index contributed by atoms with van der Waals surface area (Å²) in [4.78, 5) is 6.73. The number of aryl methyl sites for hydroxylation is 1. The number of ether oxygens (including phenoxy) is 2. The van der Waals surface area contributed by atoms with E-state index in [4.69, 9.17) is 9.47 Å². The monoisotopic (exact) mass is 462 g/mol. The molecule has 0 radical (unpaired) electrons. The third-order valence-corrected chi connectivity index (χ3v) is 6.39. The number of alkyl halides is 3. The Morgan fingerprint density at radius 3 is 2.55 bits per heavy atom. The number of rotatable bonds is 7. The lowest BCUT2D eigenvalue weighted by molar-refractivity contribution is -0.142. The van der Waals surface area contributed by atoms with Gasteiger partial charge in [-0.2, -0.15) is 18.3 Å². The summed E-state index contributed by atoms with van der Waals surface area (Å²) in [6, 6.07) is 8.99. The standard InChI is InChI=1S/C24H29F3N4O2/c1-5-18-12-22(24(25,26)27)31-23(28-18)13-19(29-31)17-8-9-30(14-17)15(2)10-16-6-7-20(32-3)21(11-16)33-4/h6-7,11-13,15,17H,5,8-10,14H2,1-4H3/t15-,17+/m0/s1. The fourth-order valence-electron chi connectivity index (χ4n) is 4.53. The van der Waals surface area contributed by atoms with Crippen LogP contribution < -0.4 is 9.47 Å². The van der Waals surface area contributed by atoms with Gasteiger partial charge >= 0.3 is 6.18 Å². The molecule has 178 valence electrons.